The topological polar surface area (TPSA) is 47.6 Å². The fourth-order valence-corrected chi connectivity index (χ4v) is 3.30. The van der Waals surface area contributed by atoms with Crippen LogP contribution >= 0.6 is 27.5 Å². The minimum absolute atomic E-state index is 0.273. The molecule has 0 atom stereocenters. The summed E-state index contributed by atoms with van der Waals surface area (Å²) in [4.78, 5) is 12.6. The molecule has 3 aromatic carbocycles. The van der Waals surface area contributed by atoms with Crippen molar-refractivity contribution in [2.45, 2.75) is 6.61 Å². The van der Waals surface area contributed by atoms with E-state index >= 15 is 0 Å². The molecule has 0 aliphatic heterocycles. The van der Waals surface area contributed by atoms with Gasteiger partial charge in [-0.15, -0.1) is 0 Å². The standard InChI is InChI=1S/C21H17BrClNO3/c1-26-20-18(22)10-15(21(25)24-17-9-5-8-16(23)12-17)11-19(20)27-13-14-6-3-2-4-7-14/h2-12H,13H2,1H3,(H,24,25). The van der Waals surface area contributed by atoms with E-state index in [2.05, 4.69) is 21.2 Å². The molecule has 3 rings (SSSR count). The summed E-state index contributed by atoms with van der Waals surface area (Å²) in [5, 5.41) is 3.38. The van der Waals surface area contributed by atoms with Crippen LogP contribution in [0, 0.1) is 0 Å². The van der Waals surface area contributed by atoms with Crippen molar-refractivity contribution in [1.82, 2.24) is 0 Å². The van der Waals surface area contributed by atoms with Gasteiger partial charge in [-0.1, -0.05) is 48.0 Å². The van der Waals surface area contributed by atoms with Gasteiger partial charge < -0.3 is 14.8 Å². The molecule has 0 aromatic heterocycles. The van der Waals surface area contributed by atoms with Crippen molar-refractivity contribution in [3.05, 3.63) is 87.4 Å². The Kier molecular flexibility index (Phi) is 6.37. The molecule has 1 amide bonds. The average Bonchev–Trinajstić information content (AvgIpc) is 2.66. The smallest absolute Gasteiger partial charge is 0.255 e. The Morgan fingerprint density at radius 3 is 2.56 bits per heavy atom. The number of halogens is 2. The van der Waals surface area contributed by atoms with Gasteiger partial charge in [0.25, 0.3) is 5.91 Å². The molecule has 0 aliphatic rings. The molecule has 0 saturated carbocycles. The molecule has 138 valence electrons. The van der Waals surface area contributed by atoms with Gasteiger partial charge in [0.05, 0.1) is 11.6 Å². The number of ether oxygens (including phenoxy) is 2. The zero-order chi connectivity index (χ0) is 19.2. The first kappa shape index (κ1) is 19.3. The lowest BCUT2D eigenvalue weighted by Crippen LogP contribution is -2.12. The largest absolute Gasteiger partial charge is 0.492 e. The van der Waals surface area contributed by atoms with Crippen molar-refractivity contribution in [3.8, 4) is 11.5 Å². The van der Waals surface area contributed by atoms with Gasteiger partial charge >= 0.3 is 0 Å². The number of hydrogen-bond donors (Lipinski definition) is 1. The fourth-order valence-electron chi connectivity index (χ4n) is 2.51. The average molecular weight is 447 g/mol. The number of methoxy groups -OCH3 is 1. The van der Waals surface area contributed by atoms with E-state index in [1.807, 2.05) is 30.3 Å². The van der Waals surface area contributed by atoms with Gasteiger partial charge in [0.15, 0.2) is 11.5 Å². The lowest BCUT2D eigenvalue weighted by Gasteiger charge is -2.14. The van der Waals surface area contributed by atoms with Crippen LogP contribution in [0.2, 0.25) is 5.02 Å². The number of rotatable bonds is 6. The minimum atomic E-state index is -0.273. The first-order chi connectivity index (χ1) is 13.1. The van der Waals surface area contributed by atoms with Crippen LogP contribution in [-0.2, 0) is 6.61 Å². The van der Waals surface area contributed by atoms with E-state index in [-0.39, 0.29) is 5.91 Å². The number of hydrogen-bond acceptors (Lipinski definition) is 3. The van der Waals surface area contributed by atoms with Gasteiger partial charge in [-0.2, -0.15) is 0 Å². The summed E-state index contributed by atoms with van der Waals surface area (Å²) >= 11 is 9.41. The van der Waals surface area contributed by atoms with E-state index in [0.717, 1.165) is 5.56 Å². The Labute approximate surface area is 171 Å². The zero-order valence-electron chi connectivity index (χ0n) is 14.5. The second-order valence-electron chi connectivity index (χ2n) is 5.73. The number of anilines is 1. The van der Waals surface area contributed by atoms with Crippen molar-refractivity contribution in [1.29, 1.82) is 0 Å². The first-order valence-electron chi connectivity index (χ1n) is 8.18. The van der Waals surface area contributed by atoms with Gasteiger partial charge in [-0.3, -0.25) is 4.79 Å². The summed E-state index contributed by atoms with van der Waals surface area (Å²) in [6.45, 7) is 0.364. The molecule has 6 heteroatoms. The van der Waals surface area contributed by atoms with Crippen LogP contribution in [0.3, 0.4) is 0 Å². The molecule has 4 nitrogen and oxygen atoms in total. The zero-order valence-corrected chi connectivity index (χ0v) is 16.9. The van der Waals surface area contributed by atoms with Crippen molar-refractivity contribution >= 4 is 39.1 Å². The van der Waals surface area contributed by atoms with Gasteiger partial charge in [-0.25, -0.2) is 0 Å². The number of nitrogens with one attached hydrogen (secondary N) is 1. The molecule has 0 saturated heterocycles. The summed E-state index contributed by atoms with van der Waals surface area (Å²) in [6, 6.07) is 20.1. The Hall–Kier alpha value is -2.50. The molecule has 3 aromatic rings. The summed E-state index contributed by atoms with van der Waals surface area (Å²) in [5.41, 5.74) is 2.07. The molecular weight excluding hydrogens is 430 g/mol. The number of carbonyl (C=O) groups excluding carboxylic acids is 1. The van der Waals surface area contributed by atoms with E-state index in [0.29, 0.717) is 38.9 Å². The monoisotopic (exact) mass is 445 g/mol. The molecule has 0 spiro atoms. The highest BCUT2D eigenvalue weighted by molar-refractivity contribution is 9.10. The summed E-state index contributed by atoms with van der Waals surface area (Å²) in [5.74, 6) is 0.738. The van der Waals surface area contributed by atoms with Crippen LogP contribution < -0.4 is 14.8 Å². The number of benzene rings is 3. The van der Waals surface area contributed by atoms with Crippen molar-refractivity contribution in [3.63, 3.8) is 0 Å². The van der Waals surface area contributed by atoms with E-state index in [1.165, 1.54) is 0 Å². The highest BCUT2D eigenvalue weighted by atomic mass is 79.9. The first-order valence-corrected chi connectivity index (χ1v) is 9.35. The Bertz CT molecular complexity index is 947. The molecule has 0 radical (unpaired) electrons. The second-order valence-corrected chi connectivity index (χ2v) is 7.02. The van der Waals surface area contributed by atoms with E-state index in [9.17, 15) is 4.79 Å². The molecular formula is C21H17BrClNO3. The molecule has 0 bridgehead atoms. The predicted octanol–water partition coefficient (Wildman–Crippen LogP) is 5.94. The predicted molar refractivity (Wildman–Crippen MR) is 111 cm³/mol. The maximum absolute atomic E-state index is 12.6. The van der Waals surface area contributed by atoms with Crippen molar-refractivity contribution < 1.29 is 14.3 Å². The molecule has 27 heavy (non-hydrogen) atoms. The number of carbonyl (C=O) groups is 1. The minimum Gasteiger partial charge on any atom is -0.492 e. The lowest BCUT2D eigenvalue weighted by atomic mass is 10.1. The van der Waals surface area contributed by atoms with E-state index in [1.54, 1.807) is 43.5 Å². The Morgan fingerprint density at radius 1 is 1.07 bits per heavy atom. The van der Waals surface area contributed by atoms with E-state index in [4.69, 9.17) is 21.1 Å². The SMILES string of the molecule is COc1c(Br)cc(C(=O)Nc2cccc(Cl)c2)cc1OCc1ccccc1. The summed E-state index contributed by atoms with van der Waals surface area (Å²) in [7, 11) is 1.56. The third-order valence-corrected chi connectivity index (χ3v) is 4.62. The molecule has 0 aliphatic carbocycles. The fraction of sp³-hybridized carbons (Fsp3) is 0.0952. The maximum atomic E-state index is 12.6. The third kappa shape index (κ3) is 5.02. The van der Waals surface area contributed by atoms with E-state index < -0.39 is 0 Å². The highest BCUT2D eigenvalue weighted by Crippen LogP contribution is 2.37. The number of amides is 1. The van der Waals surface area contributed by atoms with Crippen LogP contribution in [0.1, 0.15) is 15.9 Å². The normalized spacial score (nSPS) is 10.3. The molecule has 1 N–H and O–H groups in total. The van der Waals surface area contributed by atoms with Gasteiger partial charge in [0.2, 0.25) is 0 Å². The Morgan fingerprint density at radius 2 is 1.85 bits per heavy atom. The van der Waals surface area contributed by atoms with Crippen molar-refractivity contribution in [2.75, 3.05) is 12.4 Å². The van der Waals surface area contributed by atoms with Gasteiger partial charge in [0.1, 0.15) is 6.61 Å². The lowest BCUT2D eigenvalue weighted by molar-refractivity contribution is 0.102. The molecule has 0 unspecified atom stereocenters. The second kappa shape index (κ2) is 8.93. The van der Waals surface area contributed by atoms with Crippen LogP contribution in [0.4, 0.5) is 5.69 Å². The van der Waals surface area contributed by atoms with Gasteiger partial charge in [-0.05, 0) is 51.8 Å². The maximum Gasteiger partial charge on any atom is 0.255 e. The van der Waals surface area contributed by atoms with Crippen LogP contribution in [0.15, 0.2) is 71.2 Å². The van der Waals surface area contributed by atoms with Crippen molar-refractivity contribution in [2.24, 2.45) is 0 Å². The van der Waals surface area contributed by atoms with Crippen LogP contribution in [-0.4, -0.2) is 13.0 Å². The molecule has 0 fully saturated rings. The highest BCUT2D eigenvalue weighted by Gasteiger charge is 2.16. The summed E-state index contributed by atoms with van der Waals surface area (Å²) < 4.78 is 11.9. The third-order valence-electron chi connectivity index (χ3n) is 3.80. The quantitative estimate of drug-likeness (QED) is 0.509. The summed E-state index contributed by atoms with van der Waals surface area (Å²) in [6.07, 6.45) is 0. The van der Waals surface area contributed by atoms with Gasteiger partial charge in [0, 0.05) is 16.3 Å². The van der Waals surface area contributed by atoms with Crippen LogP contribution in [0.25, 0.3) is 0 Å². The molecule has 0 heterocycles. The Balaban J connectivity index is 1.83. The van der Waals surface area contributed by atoms with Crippen LogP contribution in [0.5, 0.6) is 11.5 Å².